The van der Waals surface area contributed by atoms with E-state index in [0.29, 0.717) is 16.5 Å². The van der Waals surface area contributed by atoms with E-state index in [2.05, 4.69) is 15.0 Å². The third kappa shape index (κ3) is 7.41. The molecule has 56 heavy (non-hydrogen) atoms. The summed E-state index contributed by atoms with van der Waals surface area (Å²) in [4.78, 5) is 31.4. The summed E-state index contributed by atoms with van der Waals surface area (Å²) in [5.41, 5.74) is -1.23. The van der Waals surface area contributed by atoms with E-state index in [-0.39, 0.29) is 46.3 Å². The number of quaternary nitrogens is 1. The SMILES string of the molecule is CNC(=O)[C@@H]1C[C@@H](OCCCN2CCCCC2)C[N+]1(C)C1(c2cc(C)ccc2OC)C(=O)N(S(=O)(=O)c2ccc(OC)cc2OC(F)(F)F)c2ccc(Cl)cc21. The van der Waals surface area contributed by atoms with Gasteiger partial charge >= 0.3 is 12.3 Å². The monoisotopic (exact) mass is 823 g/mol. The smallest absolute Gasteiger partial charge is 0.497 e. The van der Waals surface area contributed by atoms with E-state index in [1.807, 2.05) is 0 Å². The number of hydrogen-bond acceptors (Lipinski definition) is 9. The molecular formula is C39H47ClF3N4O8S+. The maximum Gasteiger partial charge on any atom is 0.573 e. The molecule has 1 N–H and O–H groups in total. The van der Waals surface area contributed by atoms with E-state index >= 15 is 4.79 Å². The van der Waals surface area contributed by atoms with Crippen molar-refractivity contribution in [3.63, 3.8) is 0 Å². The Bertz CT molecular complexity index is 2080. The molecule has 0 bridgehead atoms. The molecule has 2 amide bonds. The van der Waals surface area contributed by atoms with Crippen LogP contribution in [0.4, 0.5) is 18.9 Å². The van der Waals surface area contributed by atoms with Gasteiger partial charge in [0.2, 0.25) is 5.54 Å². The third-order valence-corrected chi connectivity index (χ3v) is 13.2. The summed E-state index contributed by atoms with van der Waals surface area (Å²) in [7, 11) is 0.555. The van der Waals surface area contributed by atoms with Crippen molar-refractivity contribution >= 4 is 39.1 Å². The summed E-state index contributed by atoms with van der Waals surface area (Å²) in [5, 5.41) is 2.87. The molecule has 6 rings (SSSR count). The Balaban J connectivity index is 1.55. The maximum atomic E-state index is 15.9. The molecule has 3 aromatic carbocycles. The first-order chi connectivity index (χ1) is 26.5. The van der Waals surface area contributed by atoms with E-state index in [4.69, 9.17) is 25.8 Å². The molecule has 0 spiro atoms. The van der Waals surface area contributed by atoms with Crippen molar-refractivity contribution < 1.29 is 54.6 Å². The highest BCUT2D eigenvalue weighted by Crippen LogP contribution is 2.58. The van der Waals surface area contributed by atoms with Crippen LogP contribution in [0.2, 0.25) is 5.02 Å². The van der Waals surface area contributed by atoms with Crippen molar-refractivity contribution in [2.75, 3.05) is 65.4 Å². The van der Waals surface area contributed by atoms with Crippen molar-refractivity contribution in [2.24, 2.45) is 0 Å². The molecule has 3 aromatic rings. The zero-order chi connectivity index (χ0) is 40.6. The molecule has 2 unspecified atom stereocenters. The second-order valence-electron chi connectivity index (χ2n) is 14.6. The quantitative estimate of drug-likeness (QED) is 0.169. The molecule has 0 saturated carbocycles. The van der Waals surface area contributed by atoms with Crippen LogP contribution in [0.1, 0.15) is 48.8 Å². The van der Waals surface area contributed by atoms with Crippen LogP contribution in [0.25, 0.3) is 0 Å². The number of hydrogen-bond donors (Lipinski definition) is 1. The van der Waals surface area contributed by atoms with E-state index in [1.54, 1.807) is 32.2 Å². The number of amides is 2. The normalized spacial score (nSPS) is 24.2. The van der Waals surface area contributed by atoms with Gasteiger partial charge in [0.05, 0.1) is 38.1 Å². The molecule has 304 valence electrons. The molecule has 2 fully saturated rings. The van der Waals surface area contributed by atoms with Gasteiger partial charge in [0.1, 0.15) is 29.0 Å². The van der Waals surface area contributed by atoms with Crippen molar-refractivity contribution in [1.82, 2.24) is 10.2 Å². The molecule has 0 radical (unpaired) electrons. The van der Waals surface area contributed by atoms with E-state index in [0.717, 1.165) is 57.1 Å². The van der Waals surface area contributed by atoms with Crippen molar-refractivity contribution in [3.8, 4) is 17.2 Å². The molecule has 3 heterocycles. The van der Waals surface area contributed by atoms with Gasteiger partial charge in [0, 0.05) is 37.7 Å². The number of ether oxygens (including phenoxy) is 4. The molecule has 17 heteroatoms. The number of fused-ring (bicyclic) bond motifs is 1. The minimum atomic E-state index is -5.30. The van der Waals surface area contributed by atoms with Crippen molar-refractivity contribution in [2.45, 2.75) is 68.0 Å². The highest BCUT2D eigenvalue weighted by Gasteiger charge is 2.72. The Morgan fingerprint density at radius 1 is 1.00 bits per heavy atom. The van der Waals surface area contributed by atoms with Crippen LogP contribution in [0.5, 0.6) is 17.2 Å². The summed E-state index contributed by atoms with van der Waals surface area (Å²) < 4.78 is 92.9. The number of alkyl halides is 3. The van der Waals surface area contributed by atoms with Crippen LogP contribution in [0, 0.1) is 6.92 Å². The Labute approximate surface area is 330 Å². The van der Waals surface area contributed by atoms with E-state index in [1.165, 1.54) is 45.9 Å². The van der Waals surface area contributed by atoms with Gasteiger partial charge < -0.3 is 29.2 Å². The summed E-state index contributed by atoms with van der Waals surface area (Å²) in [6.07, 6.45) is -1.41. The van der Waals surface area contributed by atoms with Crippen LogP contribution < -0.4 is 23.8 Å². The number of nitrogens with zero attached hydrogens (tertiary/aromatic N) is 3. The molecule has 4 atom stereocenters. The minimum Gasteiger partial charge on any atom is -0.497 e. The molecule has 12 nitrogen and oxygen atoms in total. The van der Waals surface area contributed by atoms with Crippen LogP contribution in [-0.4, -0.2) is 109 Å². The lowest BCUT2D eigenvalue weighted by molar-refractivity contribution is -0.953. The zero-order valence-electron chi connectivity index (χ0n) is 31.9. The minimum absolute atomic E-state index is 0.0649. The summed E-state index contributed by atoms with van der Waals surface area (Å²) in [6.45, 7) is 5.15. The van der Waals surface area contributed by atoms with Gasteiger partial charge in [-0.1, -0.05) is 29.7 Å². The molecule has 3 aliphatic rings. The zero-order valence-corrected chi connectivity index (χ0v) is 33.5. The summed E-state index contributed by atoms with van der Waals surface area (Å²) >= 11 is 6.67. The van der Waals surface area contributed by atoms with Gasteiger partial charge in [-0.3, -0.25) is 14.1 Å². The van der Waals surface area contributed by atoms with Gasteiger partial charge in [0.15, 0.2) is 11.8 Å². The lowest BCUT2D eigenvalue weighted by atomic mass is 9.78. The highest BCUT2D eigenvalue weighted by atomic mass is 35.5. The van der Waals surface area contributed by atoms with Crippen molar-refractivity contribution in [1.29, 1.82) is 0 Å². The number of piperidine rings is 1. The first-order valence-electron chi connectivity index (χ1n) is 18.4. The first kappa shape index (κ1) is 41.5. The lowest BCUT2D eigenvalue weighted by Gasteiger charge is -2.48. The van der Waals surface area contributed by atoms with Gasteiger partial charge in [-0.25, -0.2) is 8.42 Å². The number of nitrogens with one attached hydrogen (secondary N) is 1. The number of benzene rings is 3. The van der Waals surface area contributed by atoms with Crippen LogP contribution in [0.15, 0.2) is 59.5 Å². The predicted octanol–water partition coefficient (Wildman–Crippen LogP) is 5.77. The third-order valence-electron chi connectivity index (χ3n) is 11.2. The Hall–Kier alpha value is -4.09. The van der Waals surface area contributed by atoms with E-state index in [9.17, 15) is 26.4 Å². The number of aryl methyl sites for hydroxylation is 1. The number of likely N-dealkylation sites (tertiary alicyclic amines) is 2. The highest BCUT2D eigenvalue weighted by molar-refractivity contribution is 7.93. The summed E-state index contributed by atoms with van der Waals surface area (Å²) in [6, 6.07) is 11.1. The first-order valence-corrected chi connectivity index (χ1v) is 20.2. The number of likely N-dealkylation sites (N-methyl/N-ethyl adjacent to an activating group) is 2. The number of carbonyl (C=O) groups is 2. The number of halogens is 4. The van der Waals surface area contributed by atoms with Gasteiger partial charge in [-0.15, -0.1) is 13.2 Å². The van der Waals surface area contributed by atoms with Crippen molar-refractivity contribution in [3.05, 3.63) is 76.3 Å². The van der Waals surface area contributed by atoms with Crippen LogP contribution in [0.3, 0.4) is 0 Å². The maximum absolute atomic E-state index is 15.9. The van der Waals surface area contributed by atoms with E-state index < -0.39 is 61.0 Å². The second-order valence-corrected chi connectivity index (χ2v) is 16.8. The lowest BCUT2D eigenvalue weighted by Crippen LogP contribution is -2.69. The second kappa shape index (κ2) is 16.0. The fraction of sp³-hybridized carbons (Fsp3) is 0.487. The predicted molar refractivity (Wildman–Crippen MR) is 202 cm³/mol. The van der Waals surface area contributed by atoms with Gasteiger partial charge in [0.25, 0.3) is 15.9 Å². The number of carbonyl (C=O) groups excluding carboxylic acids is 2. The molecule has 3 aliphatic heterocycles. The van der Waals surface area contributed by atoms with Gasteiger partial charge in [-0.05, 0) is 81.7 Å². The Kier molecular flexibility index (Phi) is 11.9. The van der Waals surface area contributed by atoms with Crippen LogP contribution >= 0.6 is 11.6 Å². The fourth-order valence-electron chi connectivity index (χ4n) is 8.70. The van der Waals surface area contributed by atoms with Gasteiger partial charge in [-0.2, -0.15) is 4.31 Å². The standard InChI is InChI=1S/C39H46ClF3N4O8S/c1-25-10-14-33(53-5)30(20-25)38(47(3)24-28(22-32(47)36(48)44-2)54-19-9-18-45-16-7-6-8-17-45)29-21-26(40)11-13-31(29)46(37(38)49)56(50,51)35-15-12-27(52-4)23-34(35)55-39(41,42)43/h10-15,20-21,23,28,32H,6-9,16-19,22,24H2,1-5H3/p+1/t28-,32+,38?,47?/m1/s1. The largest absolute Gasteiger partial charge is 0.573 e. The molecule has 2 saturated heterocycles. The summed E-state index contributed by atoms with van der Waals surface area (Å²) in [5.74, 6) is -2.50. The van der Waals surface area contributed by atoms with Crippen LogP contribution in [-0.2, 0) is 29.9 Å². The molecular weight excluding hydrogens is 777 g/mol. The Morgan fingerprint density at radius 2 is 1.73 bits per heavy atom. The number of anilines is 1. The average Bonchev–Trinajstić information content (AvgIpc) is 3.64. The number of rotatable bonds is 13. The fourth-order valence-corrected chi connectivity index (χ4v) is 10.4. The number of methoxy groups -OCH3 is 2. The molecule has 0 aliphatic carbocycles. The molecule has 0 aromatic heterocycles. The topological polar surface area (TPSA) is 124 Å². The number of sulfonamides is 1. The average molecular weight is 824 g/mol. The Morgan fingerprint density at radius 3 is 2.39 bits per heavy atom.